The number of pyridine rings is 1. The summed E-state index contributed by atoms with van der Waals surface area (Å²) in [5, 5.41) is 0. The molecule has 10 heteroatoms. The summed E-state index contributed by atoms with van der Waals surface area (Å²) in [6.07, 6.45) is 3.35. The standard InChI is InChI=1S/C22H19F3N4O3/c1-12-19(29-11-28(10-13-2-3-13)21(30)20(29)27-12)14-4-6-17(16(23)8-14)32-18-7-5-15(9-26-18)31-22(24)25/h4-9,13,22H,2-3,10-11H2,1H3. The van der Waals surface area contributed by atoms with E-state index in [-0.39, 0.29) is 23.3 Å². The van der Waals surface area contributed by atoms with E-state index in [2.05, 4.69) is 14.7 Å². The molecule has 0 atom stereocenters. The molecule has 5 rings (SSSR count). The van der Waals surface area contributed by atoms with E-state index < -0.39 is 12.4 Å². The number of rotatable bonds is 7. The highest BCUT2D eigenvalue weighted by Crippen LogP contribution is 2.35. The first-order valence-electron chi connectivity index (χ1n) is 10.1. The number of carbonyl (C=O) groups excluding carboxylic acids is 1. The summed E-state index contributed by atoms with van der Waals surface area (Å²) in [6, 6.07) is 7.00. The Hall–Kier alpha value is -3.56. The van der Waals surface area contributed by atoms with E-state index in [9.17, 15) is 18.0 Å². The molecule has 1 aromatic carbocycles. The maximum atomic E-state index is 14.8. The van der Waals surface area contributed by atoms with Gasteiger partial charge in [0.05, 0.1) is 24.3 Å². The van der Waals surface area contributed by atoms with Gasteiger partial charge in [-0.2, -0.15) is 8.78 Å². The molecule has 7 nitrogen and oxygen atoms in total. The molecule has 0 N–H and O–H groups in total. The smallest absolute Gasteiger partial charge is 0.387 e. The fourth-order valence-electron chi connectivity index (χ4n) is 3.81. The average molecular weight is 444 g/mol. The highest BCUT2D eigenvalue weighted by molar-refractivity contribution is 5.94. The minimum absolute atomic E-state index is 0.0287. The van der Waals surface area contributed by atoms with Crippen LogP contribution in [-0.2, 0) is 6.67 Å². The van der Waals surface area contributed by atoms with Gasteiger partial charge < -0.3 is 18.9 Å². The Labute approximate surface area is 181 Å². The molecule has 32 heavy (non-hydrogen) atoms. The number of carbonyl (C=O) groups is 1. The lowest BCUT2D eigenvalue weighted by Gasteiger charge is -2.16. The number of alkyl halides is 2. The van der Waals surface area contributed by atoms with Gasteiger partial charge in [-0.15, -0.1) is 0 Å². The van der Waals surface area contributed by atoms with E-state index in [4.69, 9.17) is 4.74 Å². The first kappa shape index (κ1) is 20.3. The van der Waals surface area contributed by atoms with Gasteiger partial charge in [-0.25, -0.2) is 14.4 Å². The van der Waals surface area contributed by atoms with Crippen LogP contribution in [-0.4, -0.2) is 38.5 Å². The van der Waals surface area contributed by atoms with E-state index in [1.54, 1.807) is 17.9 Å². The summed E-state index contributed by atoms with van der Waals surface area (Å²) in [7, 11) is 0. The van der Waals surface area contributed by atoms with Gasteiger partial charge in [-0.05, 0) is 49.9 Å². The maximum absolute atomic E-state index is 14.8. The lowest BCUT2D eigenvalue weighted by atomic mass is 10.1. The number of amides is 1. The molecule has 1 amide bonds. The Morgan fingerprint density at radius 3 is 2.69 bits per heavy atom. The van der Waals surface area contributed by atoms with Crippen LogP contribution in [0, 0.1) is 18.7 Å². The Morgan fingerprint density at radius 2 is 2.03 bits per heavy atom. The van der Waals surface area contributed by atoms with Crippen molar-refractivity contribution >= 4 is 5.91 Å². The molecule has 2 aliphatic rings. The normalized spacial score (nSPS) is 15.4. The van der Waals surface area contributed by atoms with Gasteiger partial charge in [0.15, 0.2) is 11.6 Å². The monoisotopic (exact) mass is 444 g/mol. The van der Waals surface area contributed by atoms with Gasteiger partial charge in [-0.3, -0.25) is 4.79 Å². The number of aryl methyl sites for hydroxylation is 1. The van der Waals surface area contributed by atoms with Gasteiger partial charge in [0, 0.05) is 18.2 Å². The molecule has 1 fully saturated rings. The van der Waals surface area contributed by atoms with Crippen LogP contribution < -0.4 is 9.47 Å². The molecule has 0 radical (unpaired) electrons. The summed E-state index contributed by atoms with van der Waals surface area (Å²) in [5.74, 6) is 0.0256. The van der Waals surface area contributed by atoms with Crippen LogP contribution in [0.15, 0.2) is 36.5 Å². The summed E-state index contributed by atoms with van der Waals surface area (Å²) < 4.78 is 50.8. The van der Waals surface area contributed by atoms with Crippen LogP contribution in [0.25, 0.3) is 11.3 Å². The summed E-state index contributed by atoms with van der Waals surface area (Å²) in [5.41, 5.74) is 1.90. The molecule has 3 heterocycles. The zero-order chi connectivity index (χ0) is 22.4. The largest absolute Gasteiger partial charge is 0.436 e. The molecule has 1 saturated carbocycles. The number of halogens is 3. The van der Waals surface area contributed by atoms with Gasteiger partial charge in [0.25, 0.3) is 5.91 Å². The van der Waals surface area contributed by atoms with Crippen molar-refractivity contribution < 1.29 is 27.4 Å². The number of benzene rings is 1. The predicted molar refractivity (Wildman–Crippen MR) is 107 cm³/mol. The van der Waals surface area contributed by atoms with Crippen molar-refractivity contribution in [1.29, 1.82) is 0 Å². The number of hydrogen-bond acceptors (Lipinski definition) is 5. The van der Waals surface area contributed by atoms with E-state index in [1.807, 2.05) is 4.57 Å². The van der Waals surface area contributed by atoms with Crippen LogP contribution in [0.1, 0.15) is 29.2 Å². The minimum atomic E-state index is -2.96. The molecule has 0 unspecified atom stereocenters. The predicted octanol–water partition coefficient (Wildman–Crippen LogP) is 4.61. The highest BCUT2D eigenvalue weighted by Gasteiger charge is 2.36. The Balaban J connectivity index is 1.36. The zero-order valence-corrected chi connectivity index (χ0v) is 17.1. The maximum Gasteiger partial charge on any atom is 0.387 e. The molecular formula is C22H19F3N4O3. The third kappa shape index (κ3) is 3.88. The van der Waals surface area contributed by atoms with Gasteiger partial charge in [0.1, 0.15) is 5.75 Å². The van der Waals surface area contributed by atoms with Crippen LogP contribution in [0.2, 0.25) is 0 Å². The summed E-state index contributed by atoms with van der Waals surface area (Å²) >= 11 is 0. The van der Waals surface area contributed by atoms with Crippen molar-refractivity contribution in [2.75, 3.05) is 6.54 Å². The summed E-state index contributed by atoms with van der Waals surface area (Å²) in [6.45, 7) is -0.0553. The fourth-order valence-corrected chi connectivity index (χ4v) is 3.81. The van der Waals surface area contributed by atoms with Crippen molar-refractivity contribution in [3.63, 3.8) is 0 Å². The molecule has 0 saturated heterocycles. The number of fused-ring (bicyclic) bond motifs is 1. The van der Waals surface area contributed by atoms with Crippen molar-refractivity contribution in [3.8, 4) is 28.6 Å². The topological polar surface area (TPSA) is 69.5 Å². The number of nitrogens with zero attached hydrogens (tertiary/aromatic N) is 4. The van der Waals surface area contributed by atoms with E-state index in [1.165, 1.54) is 24.3 Å². The Kier molecular flexibility index (Phi) is 4.99. The Bertz CT molecular complexity index is 1180. The molecule has 2 aromatic heterocycles. The minimum Gasteiger partial charge on any atom is -0.436 e. The zero-order valence-electron chi connectivity index (χ0n) is 17.1. The van der Waals surface area contributed by atoms with E-state index in [0.29, 0.717) is 35.4 Å². The molecule has 1 aliphatic heterocycles. The molecule has 0 spiro atoms. The van der Waals surface area contributed by atoms with Crippen LogP contribution in [0.3, 0.4) is 0 Å². The number of ether oxygens (including phenoxy) is 2. The lowest BCUT2D eigenvalue weighted by molar-refractivity contribution is -0.0501. The third-order valence-electron chi connectivity index (χ3n) is 5.46. The second-order valence-electron chi connectivity index (χ2n) is 7.87. The first-order valence-corrected chi connectivity index (χ1v) is 10.1. The van der Waals surface area contributed by atoms with Crippen molar-refractivity contribution in [2.24, 2.45) is 5.92 Å². The molecule has 0 bridgehead atoms. The number of aromatic nitrogens is 3. The third-order valence-corrected chi connectivity index (χ3v) is 5.46. The first-order chi connectivity index (χ1) is 15.4. The molecule has 166 valence electrons. The van der Waals surface area contributed by atoms with Crippen LogP contribution >= 0.6 is 0 Å². The Morgan fingerprint density at radius 1 is 1.22 bits per heavy atom. The highest BCUT2D eigenvalue weighted by atomic mass is 19.3. The fraction of sp³-hybridized carbons (Fsp3) is 0.318. The number of imidazole rings is 1. The van der Waals surface area contributed by atoms with Gasteiger partial charge in [0.2, 0.25) is 11.7 Å². The van der Waals surface area contributed by atoms with Gasteiger partial charge in [-0.1, -0.05) is 0 Å². The van der Waals surface area contributed by atoms with Crippen molar-refractivity contribution in [3.05, 3.63) is 53.9 Å². The van der Waals surface area contributed by atoms with Gasteiger partial charge >= 0.3 is 6.61 Å². The van der Waals surface area contributed by atoms with Crippen molar-refractivity contribution in [1.82, 2.24) is 19.4 Å². The van der Waals surface area contributed by atoms with E-state index >= 15 is 0 Å². The summed E-state index contributed by atoms with van der Waals surface area (Å²) in [4.78, 5) is 22.7. The lowest BCUT2D eigenvalue weighted by Crippen LogP contribution is -2.27. The van der Waals surface area contributed by atoms with Crippen LogP contribution in [0.4, 0.5) is 13.2 Å². The second kappa shape index (κ2) is 7.85. The SMILES string of the molecule is Cc1nc2n(c1-c1ccc(Oc3ccc(OC(F)F)cn3)c(F)c1)CN(CC1CC1)C2=O. The average Bonchev–Trinajstić information content (AvgIpc) is 3.44. The van der Waals surface area contributed by atoms with Crippen LogP contribution in [0.5, 0.6) is 17.4 Å². The van der Waals surface area contributed by atoms with E-state index in [0.717, 1.165) is 25.6 Å². The van der Waals surface area contributed by atoms with Crippen molar-refractivity contribution in [2.45, 2.75) is 33.0 Å². The molecule has 1 aliphatic carbocycles. The molecule has 3 aromatic rings. The second-order valence-corrected chi connectivity index (χ2v) is 7.87. The molecular weight excluding hydrogens is 425 g/mol. The quantitative estimate of drug-likeness (QED) is 0.532. The number of hydrogen-bond donors (Lipinski definition) is 0.